The Balaban J connectivity index is 0.843. The molecule has 3 aliphatic rings. The molecule has 4 aromatic carbocycles. The number of likely N-dealkylation sites (tertiary alicyclic amines) is 1. The van der Waals surface area contributed by atoms with Gasteiger partial charge in [-0.05, 0) is 96.7 Å². The number of aromatic hydroxyl groups is 1. The van der Waals surface area contributed by atoms with Crippen LogP contribution >= 0.6 is 0 Å². The van der Waals surface area contributed by atoms with E-state index in [2.05, 4.69) is 76.0 Å². The number of phenolic OH excluding ortho intramolecular Hbond substituents is 1. The zero-order valence-electron chi connectivity index (χ0n) is 29.0. The van der Waals surface area contributed by atoms with Crippen LogP contribution in [0.1, 0.15) is 77.8 Å². The van der Waals surface area contributed by atoms with Crippen molar-refractivity contribution in [2.24, 2.45) is 7.05 Å². The molecule has 0 bridgehead atoms. The average Bonchev–Trinajstić information content (AvgIpc) is 3.47. The molecule has 9 heteroatoms. The number of piperidine rings is 2. The first-order valence-electron chi connectivity index (χ1n) is 18.2. The molecule has 3 heterocycles. The Kier molecular flexibility index (Phi) is 9.21. The number of fused-ring (bicyclic) bond motifs is 2. The number of hydrogen-bond acceptors (Lipinski definition) is 7. The van der Waals surface area contributed by atoms with Gasteiger partial charge in [0.05, 0.1) is 17.1 Å². The first kappa shape index (κ1) is 33.0. The second-order valence-electron chi connectivity index (χ2n) is 14.2. The lowest BCUT2D eigenvalue weighted by Gasteiger charge is -2.35. The summed E-state index contributed by atoms with van der Waals surface area (Å²) in [5, 5.41) is 18.2. The third-order valence-electron chi connectivity index (χ3n) is 11.0. The maximum absolute atomic E-state index is 12.5. The monoisotopic (exact) mass is 684 g/mol. The van der Waals surface area contributed by atoms with E-state index in [1.165, 1.54) is 22.3 Å². The predicted molar refractivity (Wildman–Crippen MR) is 195 cm³/mol. The fourth-order valence-corrected chi connectivity index (χ4v) is 8.34. The summed E-state index contributed by atoms with van der Waals surface area (Å²) in [7, 11) is 1.88. The number of aryl methyl sites for hydroxylation is 2. The zero-order valence-corrected chi connectivity index (χ0v) is 29.0. The van der Waals surface area contributed by atoms with Gasteiger partial charge < -0.3 is 14.6 Å². The average molecular weight is 685 g/mol. The highest BCUT2D eigenvalue weighted by Crippen LogP contribution is 2.47. The van der Waals surface area contributed by atoms with Gasteiger partial charge in [-0.15, -0.1) is 0 Å². The number of phenols is 1. The van der Waals surface area contributed by atoms with Crippen molar-refractivity contribution in [3.63, 3.8) is 0 Å². The van der Waals surface area contributed by atoms with Gasteiger partial charge in [-0.25, -0.2) is 0 Å². The van der Waals surface area contributed by atoms with Crippen LogP contribution < -0.4 is 14.8 Å². The summed E-state index contributed by atoms with van der Waals surface area (Å²) in [6.07, 6.45) is 4.80. The van der Waals surface area contributed by atoms with Gasteiger partial charge in [0.1, 0.15) is 30.0 Å². The Labute approximate surface area is 298 Å². The van der Waals surface area contributed by atoms with Crippen molar-refractivity contribution in [3.8, 4) is 17.2 Å². The van der Waals surface area contributed by atoms with Crippen LogP contribution in [0, 0.1) is 0 Å². The van der Waals surface area contributed by atoms with E-state index >= 15 is 0 Å². The smallest absolute Gasteiger partial charge is 0.235 e. The molecule has 1 unspecified atom stereocenters. The molecule has 2 fully saturated rings. The first-order valence-corrected chi connectivity index (χ1v) is 18.2. The lowest BCUT2D eigenvalue weighted by molar-refractivity contribution is -0.134. The van der Waals surface area contributed by atoms with Crippen LogP contribution in [-0.4, -0.2) is 63.9 Å². The van der Waals surface area contributed by atoms with E-state index in [0.29, 0.717) is 36.8 Å². The molecule has 0 saturated carbocycles. The number of hydrogen-bond donors (Lipinski definition) is 2. The second kappa shape index (κ2) is 14.2. The quantitative estimate of drug-likeness (QED) is 0.169. The molecule has 0 spiro atoms. The topological polar surface area (TPSA) is 106 Å². The van der Waals surface area contributed by atoms with Gasteiger partial charge >= 0.3 is 0 Å². The normalized spacial score (nSPS) is 21.3. The van der Waals surface area contributed by atoms with Crippen LogP contribution in [0.15, 0.2) is 91.0 Å². The fraction of sp³-hybridized carbons (Fsp3) is 0.357. The number of nitrogens with zero attached hydrogens (tertiary/aromatic N) is 3. The van der Waals surface area contributed by atoms with Crippen molar-refractivity contribution in [1.29, 1.82) is 0 Å². The van der Waals surface area contributed by atoms with Crippen LogP contribution in [0.4, 0.5) is 0 Å². The maximum atomic E-state index is 12.5. The molecule has 0 radical (unpaired) electrons. The van der Waals surface area contributed by atoms with E-state index in [4.69, 9.17) is 9.47 Å². The molecule has 8 rings (SSSR count). The lowest BCUT2D eigenvalue weighted by Crippen LogP contribution is -2.40. The third-order valence-corrected chi connectivity index (χ3v) is 11.0. The molecule has 262 valence electrons. The highest BCUT2D eigenvalue weighted by molar-refractivity contribution is 6.02. The molecule has 2 aliphatic heterocycles. The number of benzene rings is 4. The van der Waals surface area contributed by atoms with Crippen molar-refractivity contribution >= 4 is 22.7 Å². The molecular formula is C42H44N4O5. The highest BCUT2D eigenvalue weighted by Gasteiger charge is 2.33. The minimum atomic E-state index is -0.421. The van der Waals surface area contributed by atoms with Crippen molar-refractivity contribution in [2.45, 2.75) is 62.4 Å². The number of aromatic nitrogens is 2. The van der Waals surface area contributed by atoms with E-state index < -0.39 is 5.92 Å². The molecule has 2 N–H and O–H groups in total. The molecular weight excluding hydrogens is 640 g/mol. The Morgan fingerprint density at radius 1 is 0.843 bits per heavy atom. The maximum Gasteiger partial charge on any atom is 0.235 e. The van der Waals surface area contributed by atoms with E-state index in [-0.39, 0.29) is 23.8 Å². The van der Waals surface area contributed by atoms with E-state index in [0.717, 1.165) is 67.7 Å². The Morgan fingerprint density at radius 3 is 2.41 bits per heavy atom. The minimum Gasteiger partial charge on any atom is -0.508 e. The zero-order chi connectivity index (χ0) is 34.9. The SMILES string of the molecule is Cn1nc(C2CCC(=O)NC2=O)c2ccc(OC3CCN(CCOc4ccc([C@@H]5c6ccc(O)cc6CC[C@@H]5c5ccccc5)cc4)CC3)cc21. The minimum absolute atomic E-state index is 0.128. The largest absolute Gasteiger partial charge is 0.508 e. The van der Waals surface area contributed by atoms with Gasteiger partial charge in [-0.2, -0.15) is 5.10 Å². The third kappa shape index (κ3) is 6.95. The second-order valence-corrected chi connectivity index (χ2v) is 14.2. The Morgan fingerprint density at radius 2 is 1.63 bits per heavy atom. The summed E-state index contributed by atoms with van der Waals surface area (Å²) < 4.78 is 14.4. The summed E-state index contributed by atoms with van der Waals surface area (Å²) in [5.41, 5.74) is 6.77. The van der Waals surface area contributed by atoms with Crippen LogP contribution in [0.25, 0.3) is 10.9 Å². The molecule has 3 atom stereocenters. The highest BCUT2D eigenvalue weighted by atomic mass is 16.5. The molecule has 1 aromatic heterocycles. The number of ether oxygens (including phenoxy) is 2. The first-order chi connectivity index (χ1) is 24.9. The predicted octanol–water partition coefficient (Wildman–Crippen LogP) is 6.58. The number of carbonyl (C=O) groups is 2. The van der Waals surface area contributed by atoms with Crippen molar-refractivity contribution in [3.05, 3.63) is 119 Å². The lowest BCUT2D eigenvalue weighted by atomic mass is 9.69. The van der Waals surface area contributed by atoms with Crippen molar-refractivity contribution < 1.29 is 24.2 Å². The van der Waals surface area contributed by atoms with Crippen molar-refractivity contribution in [2.75, 3.05) is 26.2 Å². The van der Waals surface area contributed by atoms with Gasteiger partial charge in [0, 0.05) is 50.5 Å². The van der Waals surface area contributed by atoms with Gasteiger partial charge in [-0.3, -0.25) is 24.5 Å². The summed E-state index contributed by atoms with van der Waals surface area (Å²) in [6.45, 7) is 3.36. The standard InChI is InChI=1S/C42H44N4O5/c1-45-38-26-33(13-16-36(38)41(44-45)37-17-18-39(48)43-42(37)49)51-32-19-21-46(22-20-32)23-24-50-31-11-7-28(8-12-31)40-34(27-5-3-2-4-6-27)14-9-29-25-30(47)10-15-35(29)40/h2-8,10-13,15-16,25-26,32,34,37,40,47H,9,14,17-24H2,1H3,(H,43,48,49)/t34-,37?,40+/m1/s1. The van der Waals surface area contributed by atoms with E-state index in [1.54, 1.807) is 4.68 Å². The van der Waals surface area contributed by atoms with Gasteiger partial charge in [0.2, 0.25) is 11.8 Å². The Hall–Kier alpha value is -5.15. The summed E-state index contributed by atoms with van der Waals surface area (Å²) in [6, 6.07) is 31.2. The summed E-state index contributed by atoms with van der Waals surface area (Å²) in [5.74, 6) is 1.68. The molecule has 51 heavy (non-hydrogen) atoms. The van der Waals surface area contributed by atoms with E-state index in [9.17, 15) is 14.7 Å². The van der Waals surface area contributed by atoms with Crippen molar-refractivity contribution in [1.82, 2.24) is 20.0 Å². The summed E-state index contributed by atoms with van der Waals surface area (Å²) in [4.78, 5) is 26.6. The van der Waals surface area contributed by atoms with Gasteiger partial charge in [0.15, 0.2) is 0 Å². The number of rotatable bonds is 9. The molecule has 1 aliphatic carbocycles. The van der Waals surface area contributed by atoms with Gasteiger partial charge in [-0.1, -0.05) is 48.5 Å². The Bertz CT molecular complexity index is 2030. The number of imide groups is 1. The van der Waals surface area contributed by atoms with E-state index in [1.807, 2.05) is 37.4 Å². The van der Waals surface area contributed by atoms with Crippen LogP contribution in [0.3, 0.4) is 0 Å². The van der Waals surface area contributed by atoms with Gasteiger partial charge in [0.25, 0.3) is 0 Å². The van der Waals surface area contributed by atoms with Crippen LogP contribution in [0.2, 0.25) is 0 Å². The summed E-state index contributed by atoms with van der Waals surface area (Å²) >= 11 is 0. The molecule has 9 nitrogen and oxygen atoms in total. The number of amides is 2. The number of nitrogens with one attached hydrogen (secondary N) is 1. The molecule has 5 aromatic rings. The molecule has 2 amide bonds. The van der Waals surface area contributed by atoms with Crippen LogP contribution in [0.5, 0.6) is 17.2 Å². The fourth-order valence-electron chi connectivity index (χ4n) is 8.34. The molecule has 2 saturated heterocycles. The number of carbonyl (C=O) groups excluding carboxylic acids is 2. The van der Waals surface area contributed by atoms with Crippen LogP contribution in [-0.2, 0) is 23.1 Å².